The molecule has 2 aromatic carbocycles. The van der Waals surface area contributed by atoms with Crippen molar-refractivity contribution >= 4 is 35.3 Å². The Balaban J connectivity index is 1.30. The maximum Gasteiger partial charge on any atom is 0.255 e. The van der Waals surface area contributed by atoms with E-state index in [1.54, 1.807) is 31.0 Å². The van der Waals surface area contributed by atoms with Gasteiger partial charge in [0.1, 0.15) is 17.6 Å². The zero-order valence-electron chi connectivity index (χ0n) is 23.9. The van der Waals surface area contributed by atoms with Crippen LogP contribution in [0.3, 0.4) is 0 Å². The lowest BCUT2D eigenvalue weighted by Gasteiger charge is -2.30. The summed E-state index contributed by atoms with van der Waals surface area (Å²) in [5.41, 5.74) is 2.54. The van der Waals surface area contributed by atoms with Gasteiger partial charge in [-0.25, -0.2) is 14.4 Å². The average Bonchev–Trinajstić information content (AvgIpc) is 3.33. The fourth-order valence-electron chi connectivity index (χ4n) is 5.31. The van der Waals surface area contributed by atoms with Crippen molar-refractivity contribution < 1.29 is 28.6 Å². The van der Waals surface area contributed by atoms with Crippen LogP contribution in [0.15, 0.2) is 42.6 Å². The topological polar surface area (TPSA) is 137 Å². The lowest BCUT2D eigenvalue weighted by molar-refractivity contribution is -0.132. The number of halogens is 2. The number of rotatable bonds is 9. The van der Waals surface area contributed by atoms with Gasteiger partial charge in [0.15, 0.2) is 0 Å². The molecule has 1 aromatic heterocycles. The van der Waals surface area contributed by atoms with Crippen molar-refractivity contribution in [1.82, 2.24) is 25.1 Å². The zero-order valence-corrected chi connectivity index (χ0v) is 24.7. The van der Waals surface area contributed by atoms with Gasteiger partial charge in [-0.05, 0) is 42.7 Å². The van der Waals surface area contributed by atoms with Gasteiger partial charge in [-0.3, -0.25) is 14.4 Å². The van der Waals surface area contributed by atoms with Crippen molar-refractivity contribution in [3.63, 3.8) is 0 Å². The number of amides is 3. The van der Waals surface area contributed by atoms with Crippen LogP contribution in [0.2, 0.25) is 5.02 Å². The molecule has 0 saturated carbocycles. The monoisotopic (exact) mass is 610 g/mol. The lowest BCUT2D eigenvalue weighted by atomic mass is 10.0. The first-order valence-corrected chi connectivity index (χ1v) is 14.2. The molecule has 0 unspecified atom stereocenters. The van der Waals surface area contributed by atoms with Gasteiger partial charge in [-0.2, -0.15) is 0 Å². The molecular formula is C30H32ClFN6O5. The molecule has 3 aromatic rings. The molecule has 1 saturated heterocycles. The number of carbonyl (C=O) groups is 3. The summed E-state index contributed by atoms with van der Waals surface area (Å²) in [4.78, 5) is 50.5. The number of aromatic nitrogens is 2. The number of aliphatic hydroxyl groups is 1. The van der Waals surface area contributed by atoms with Gasteiger partial charge in [0.2, 0.25) is 17.8 Å². The Kier molecular flexibility index (Phi) is 8.79. The fourth-order valence-corrected chi connectivity index (χ4v) is 5.51. The number of anilines is 1. The number of likely N-dealkylation sites (tertiary alicyclic amines) is 1. The Morgan fingerprint density at radius 1 is 1.26 bits per heavy atom. The van der Waals surface area contributed by atoms with Crippen LogP contribution >= 0.6 is 11.6 Å². The quantitative estimate of drug-likeness (QED) is 0.336. The molecule has 3 heterocycles. The Hall–Kier alpha value is -4.29. The van der Waals surface area contributed by atoms with E-state index in [1.165, 1.54) is 36.4 Å². The van der Waals surface area contributed by atoms with Crippen LogP contribution in [-0.4, -0.2) is 82.0 Å². The molecule has 0 aliphatic carbocycles. The fraction of sp³-hybridized carbons (Fsp3) is 0.367. The van der Waals surface area contributed by atoms with Crippen molar-refractivity contribution in [2.45, 2.75) is 44.4 Å². The maximum absolute atomic E-state index is 14.0. The number of aliphatic hydroxyl groups excluding tert-OH is 1. The molecule has 13 heteroatoms. The van der Waals surface area contributed by atoms with E-state index in [4.69, 9.17) is 16.3 Å². The minimum Gasteiger partial charge on any atom is -0.497 e. The predicted molar refractivity (Wildman–Crippen MR) is 157 cm³/mol. The van der Waals surface area contributed by atoms with Gasteiger partial charge in [-0.1, -0.05) is 23.7 Å². The van der Waals surface area contributed by atoms with E-state index in [9.17, 15) is 23.9 Å². The molecule has 0 spiro atoms. The largest absolute Gasteiger partial charge is 0.497 e. The third-order valence-electron chi connectivity index (χ3n) is 7.80. The minimum atomic E-state index is -0.900. The van der Waals surface area contributed by atoms with E-state index >= 15 is 0 Å². The van der Waals surface area contributed by atoms with E-state index in [1.807, 2.05) is 6.07 Å². The molecule has 11 nitrogen and oxygen atoms in total. The summed E-state index contributed by atoms with van der Waals surface area (Å²) in [6, 6.07) is 7.45. The normalized spacial score (nSPS) is 17.9. The second kappa shape index (κ2) is 12.5. The van der Waals surface area contributed by atoms with Gasteiger partial charge in [0.05, 0.1) is 36.7 Å². The number of piperidine rings is 1. The molecule has 0 bridgehead atoms. The van der Waals surface area contributed by atoms with Gasteiger partial charge >= 0.3 is 0 Å². The second-order valence-electron chi connectivity index (χ2n) is 10.7. The highest BCUT2D eigenvalue weighted by Gasteiger charge is 2.35. The summed E-state index contributed by atoms with van der Waals surface area (Å²) in [6.07, 6.45) is 2.59. The highest BCUT2D eigenvalue weighted by atomic mass is 35.5. The molecule has 3 atom stereocenters. The second-order valence-corrected chi connectivity index (χ2v) is 11.1. The molecule has 3 amide bonds. The van der Waals surface area contributed by atoms with Crippen molar-refractivity contribution in [2.24, 2.45) is 0 Å². The first-order chi connectivity index (χ1) is 20.6. The molecule has 1 fully saturated rings. The summed E-state index contributed by atoms with van der Waals surface area (Å²) in [7, 11) is 3.15. The summed E-state index contributed by atoms with van der Waals surface area (Å²) in [5, 5.41) is 16.2. The number of carbonyl (C=O) groups excluding carboxylic acids is 3. The maximum atomic E-state index is 14.0. The van der Waals surface area contributed by atoms with Gasteiger partial charge in [-0.15, -0.1) is 0 Å². The Morgan fingerprint density at radius 3 is 2.77 bits per heavy atom. The van der Waals surface area contributed by atoms with E-state index in [0.717, 1.165) is 5.56 Å². The Labute approximate surface area is 253 Å². The molecule has 0 radical (unpaired) electrons. The van der Waals surface area contributed by atoms with Crippen LogP contribution in [0.4, 0.5) is 10.3 Å². The van der Waals surface area contributed by atoms with Crippen LogP contribution in [0.25, 0.3) is 11.3 Å². The van der Waals surface area contributed by atoms with E-state index in [2.05, 4.69) is 20.6 Å². The number of benzene rings is 2. The number of hydrogen-bond donors (Lipinski definition) is 3. The number of nitrogens with zero attached hydrogens (tertiary/aromatic N) is 4. The molecule has 2 aliphatic rings. The van der Waals surface area contributed by atoms with Crippen molar-refractivity contribution in [2.75, 3.05) is 32.6 Å². The first kappa shape index (κ1) is 30.2. The standard InChI is InChI=1S/C30H32ClFN6O5/c1-16(28(41)35-25(15-39)19-8-20(32)11-22(9-19)43-3)38-13-18-5-4-17(10-23(18)29(38)42)27-24(31)12-33-30(36-27)34-21-6-7-26(40)37(2)14-21/h4-5,8-12,16,21,25,39H,6-7,13-15H2,1-3H3,(H,35,41)(H,33,34,36)/t16-,21+,25-/m1/s1. The average molecular weight is 611 g/mol. The number of methoxy groups -OCH3 is 1. The number of fused-ring (bicyclic) bond motifs is 1. The lowest BCUT2D eigenvalue weighted by Crippen LogP contribution is -2.46. The molecule has 3 N–H and O–H groups in total. The smallest absolute Gasteiger partial charge is 0.255 e. The summed E-state index contributed by atoms with van der Waals surface area (Å²) in [5.74, 6) is -0.707. The number of likely N-dealkylation sites (N-methyl/N-ethyl adjacent to an activating group) is 1. The molecule has 2 aliphatic heterocycles. The number of hydrogen-bond acceptors (Lipinski definition) is 8. The minimum absolute atomic E-state index is 0.00658. The third kappa shape index (κ3) is 6.40. The Morgan fingerprint density at radius 2 is 2.05 bits per heavy atom. The summed E-state index contributed by atoms with van der Waals surface area (Å²) >= 11 is 6.46. The van der Waals surface area contributed by atoms with E-state index < -0.39 is 30.4 Å². The van der Waals surface area contributed by atoms with Crippen LogP contribution in [0.5, 0.6) is 5.75 Å². The highest BCUT2D eigenvalue weighted by Crippen LogP contribution is 2.33. The highest BCUT2D eigenvalue weighted by molar-refractivity contribution is 6.33. The number of nitrogens with one attached hydrogen (secondary N) is 2. The summed E-state index contributed by atoms with van der Waals surface area (Å²) in [6.45, 7) is 1.86. The SMILES string of the molecule is COc1cc(F)cc([C@@H](CO)NC(=O)[C@@H](C)N2Cc3ccc(-c4nc(N[C@H]5CCC(=O)N(C)C5)ncc4Cl)cc3C2=O)c1. The van der Waals surface area contributed by atoms with Gasteiger partial charge < -0.3 is 30.3 Å². The first-order valence-electron chi connectivity index (χ1n) is 13.8. The molecule has 5 rings (SSSR count). The van der Waals surface area contributed by atoms with Gasteiger partial charge in [0.25, 0.3) is 5.91 Å². The molecule has 226 valence electrons. The molecule has 43 heavy (non-hydrogen) atoms. The van der Waals surface area contributed by atoms with Crippen molar-refractivity contribution in [3.8, 4) is 17.0 Å². The van der Waals surface area contributed by atoms with E-state index in [-0.39, 0.29) is 30.2 Å². The van der Waals surface area contributed by atoms with E-state index in [0.29, 0.717) is 52.7 Å². The van der Waals surface area contributed by atoms with Crippen molar-refractivity contribution in [3.05, 3.63) is 70.1 Å². The Bertz CT molecular complexity index is 1570. The third-order valence-corrected chi connectivity index (χ3v) is 8.07. The number of ether oxygens (including phenoxy) is 1. The van der Waals surface area contributed by atoms with Gasteiger partial charge in [0, 0.05) is 49.8 Å². The molecular weight excluding hydrogens is 579 g/mol. The van der Waals surface area contributed by atoms with Crippen LogP contribution in [0, 0.1) is 5.82 Å². The van der Waals surface area contributed by atoms with Crippen molar-refractivity contribution in [1.29, 1.82) is 0 Å². The van der Waals surface area contributed by atoms with Crippen LogP contribution in [-0.2, 0) is 16.1 Å². The summed E-state index contributed by atoms with van der Waals surface area (Å²) < 4.78 is 19.1. The van der Waals surface area contributed by atoms with Crippen LogP contribution < -0.4 is 15.4 Å². The predicted octanol–water partition coefficient (Wildman–Crippen LogP) is 3.17. The van der Waals surface area contributed by atoms with Crippen LogP contribution in [0.1, 0.15) is 47.3 Å². The zero-order chi connectivity index (χ0) is 30.8.